The van der Waals surface area contributed by atoms with E-state index in [-0.39, 0.29) is 31.5 Å². The highest BCUT2D eigenvalue weighted by Crippen LogP contribution is 2.05. The van der Waals surface area contributed by atoms with Crippen molar-refractivity contribution in [2.45, 2.75) is 37.8 Å². The van der Waals surface area contributed by atoms with E-state index in [4.69, 9.17) is 15.9 Å². The first-order valence-corrected chi connectivity index (χ1v) is 7.68. The monoisotopic (exact) mass is 320 g/mol. The molecule has 2 atom stereocenters. The molecule has 9 heteroatoms. The van der Waals surface area contributed by atoms with E-state index in [1.807, 2.05) is 0 Å². The third kappa shape index (κ3) is 9.03. The summed E-state index contributed by atoms with van der Waals surface area (Å²) >= 11 is 1.34. The number of carboxylic acid groups (broad SMARTS) is 2. The number of amides is 1. The molecule has 0 aromatic heterocycles. The smallest absolute Gasteiger partial charge is 0.320 e. The molecule has 0 saturated heterocycles. The van der Waals surface area contributed by atoms with Crippen molar-refractivity contribution < 1.29 is 29.4 Å². The van der Waals surface area contributed by atoms with Crippen LogP contribution in [0.5, 0.6) is 0 Å². The van der Waals surface area contributed by atoms with Crippen LogP contribution in [0, 0.1) is 0 Å². The minimum Gasteiger partial charge on any atom is -0.481 e. The number of hydrogen-bond donors (Lipinski definition) is 4. The van der Waals surface area contributed by atoms with Crippen molar-refractivity contribution in [3.8, 4) is 0 Å². The highest BCUT2D eigenvalue weighted by atomic mass is 32.2. The SMILES string of the molecule is CSCC(NC(=O)CCC(N)C(=O)O)C(=O)CCC(=O)O. The Labute approximate surface area is 126 Å². The second kappa shape index (κ2) is 10.2. The third-order valence-corrected chi connectivity index (χ3v) is 3.31. The minimum absolute atomic E-state index is 0.0313. The van der Waals surface area contributed by atoms with Gasteiger partial charge in [0.15, 0.2) is 5.78 Å². The normalized spacial score (nSPS) is 13.2. The van der Waals surface area contributed by atoms with Crippen molar-refractivity contribution >= 4 is 35.4 Å². The fraction of sp³-hybridized carbons (Fsp3) is 0.667. The van der Waals surface area contributed by atoms with Crippen molar-refractivity contribution in [1.82, 2.24) is 5.32 Å². The number of aliphatic carboxylic acids is 2. The van der Waals surface area contributed by atoms with Gasteiger partial charge in [-0.05, 0) is 12.7 Å². The fourth-order valence-corrected chi connectivity index (χ4v) is 2.07. The van der Waals surface area contributed by atoms with Gasteiger partial charge in [-0.25, -0.2) is 0 Å². The summed E-state index contributed by atoms with van der Waals surface area (Å²) in [5.74, 6) is -2.78. The van der Waals surface area contributed by atoms with Crippen LogP contribution < -0.4 is 11.1 Å². The van der Waals surface area contributed by atoms with Gasteiger partial charge >= 0.3 is 11.9 Å². The standard InChI is InChI=1S/C12H20N2O6S/c1-21-6-8(9(15)3-5-11(17)18)14-10(16)4-2-7(13)12(19)20/h7-8H,2-6,13H2,1H3,(H,14,16)(H,17,18)(H,19,20). The van der Waals surface area contributed by atoms with E-state index < -0.39 is 29.9 Å². The molecule has 1 amide bonds. The Balaban J connectivity index is 4.35. The predicted octanol–water partition coefficient (Wildman–Crippen LogP) is -0.540. The first-order valence-electron chi connectivity index (χ1n) is 6.29. The summed E-state index contributed by atoms with van der Waals surface area (Å²) in [4.78, 5) is 44.4. The van der Waals surface area contributed by atoms with Crippen LogP contribution in [0.1, 0.15) is 25.7 Å². The van der Waals surface area contributed by atoms with Crippen LogP contribution in [0.25, 0.3) is 0 Å². The number of nitrogens with one attached hydrogen (secondary N) is 1. The zero-order valence-corrected chi connectivity index (χ0v) is 12.5. The molecule has 0 aliphatic carbocycles. The maximum absolute atomic E-state index is 11.8. The van der Waals surface area contributed by atoms with Crippen LogP contribution in [0.3, 0.4) is 0 Å². The van der Waals surface area contributed by atoms with Gasteiger partial charge in [0, 0.05) is 18.6 Å². The van der Waals surface area contributed by atoms with E-state index in [1.165, 1.54) is 11.8 Å². The molecular formula is C12H20N2O6S. The minimum atomic E-state index is -1.19. The van der Waals surface area contributed by atoms with Gasteiger partial charge in [-0.3, -0.25) is 19.2 Å². The quantitative estimate of drug-likeness (QED) is 0.397. The van der Waals surface area contributed by atoms with Crippen LogP contribution >= 0.6 is 11.8 Å². The number of hydrogen-bond acceptors (Lipinski definition) is 6. The predicted molar refractivity (Wildman–Crippen MR) is 77.0 cm³/mol. The summed E-state index contributed by atoms with van der Waals surface area (Å²) in [6, 6.07) is -1.90. The van der Waals surface area contributed by atoms with Crippen LogP contribution in [-0.4, -0.2) is 57.9 Å². The summed E-state index contributed by atoms with van der Waals surface area (Å²) in [6.07, 6.45) is 1.17. The lowest BCUT2D eigenvalue weighted by Crippen LogP contribution is -2.43. The van der Waals surface area contributed by atoms with Crippen molar-refractivity contribution in [2.75, 3.05) is 12.0 Å². The highest BCUT2D eigenvalue weighted by Gasteiger charge is 2.21. The van der Waals surface area contributed by atoms with Crippen molar-refractivity contribution in [1.29, 1.82) is 0 Å². The second-order valence-corrected chi connectivity index (χ2v) is 5.33. The molecule has 5 N–H and O–H groups in total. The number of nitrogens with two attached hydrogens (primary N) is 1. The van der Waals surface area contributed by atoms with Gasteiger partial charge in [-0.2, -0.15) is 11.8 Å². The lowest BCUT2D eigenvalue weighted by atomic mass is 10.1. The molecule has 21 heavy (non-hydrogen) atoms. The Morgan fingerprint density at radius 2 is 1.76 bits per heavy atom. The van der Waals surface area contributed by atoms with E-state index in [0.29, 0.717) is 5.75 Å². The van der Waals surface area contributed by atoms with Crippen LogP contribution in [0.4, 0.5) is 0 Å². The van der Waals surface area contributed by atoms with Crippen molar-refractivity contribution in [2.24, 2.45) is 5.73 Å². The van der Waals surface area contributed by atoms with E-state index in [9.17, 15) is 19.2 Å². The van der Waals surface area contributed by atoms with Crippen LogP contribution in [0.15, 0.2) is 0 Å². The summed E-state index contributed by atoms with van der Waals surface area (Å²) < 4.78 is 0. The van der Waals surface area contributed by atoms with Gasteiger partial charge in [0.1, 0.15) is 6.04 Å². The molecule has 0 aliphatic rings. The number of Topliss-reactive ketones (excluding diaryl/α,β-unsaturated/α-hetero) is 1. The molecule has 0 aliphatic heterocycles. The molecule has 0 fully saturated rings. The number of carboxylic acids is 2. The number of carbonyl (C=O) groups excluding carboxylic acids is 2. The molecule has 0 aromatic rings. The van der Waals surface area contributed by atoms with E-state index in [0.717, 1.165) is 0 Å². The highest BCUT2D eigenvalue weighted by molar-refractivity contribution is 7.98. The average Bonchev–Trinajstić information content (AvgIpc) is 2.41. The molecule has 120 valence electrons. The lowest BCUT2D eigenvalue weighted by molar-refractivity contribution is -0.139. The van der Waals surface area contributed by atoms with Gasteiger partial charge in [0.25, 0.3) is 0 Å². The van der Waals surface area contributed by atoms with Gasteiger partial charge in [-0.15, -0.1) is 0 Å². The molecular weight excluding hydrogens is 300 g/mol. The van der Waals surface area contributed by atoms with E-state index >= 15 is 0 Å². The first-order chi connectivity index (χ1) is 9.77. The molecule has 8 nitrogen and oxygen atoms in total. The molecule has 0 aromatic carbocycles. The van der Waals surface area contributed by atoms with Gasteiger partial charge in [-0.1, -0.05) is 0 Å². The zero-order chi connectivity index (χ0) is 16.4. The Bertz CT molecular complexity index is 401. The summed E-state index contributed by atoms with van der Waals surface area (Å²) in [6.45, 7) is 0. The Morgan fingerprint density at radius 1 is 1.14 bits per heavy atom. The number of carbonyl (C=O) groups is 4. The molecule has 0 rings (SSSR count). The number of rotatable bonds is 11. The van der Waals surface area contributed by atoms with Crippen LogP contribution in [-0.2, 0) is 19.2 Å². The molecule has 0 bridgehead atoms. The molecule has 2 unspecified atom stereocenters. The first kappa shape index (κ1) is 19.4. The Morgan fingerprint density at radius 3 is 2.24 bits per heavy atom. The zero-order valence-electron chi connectivity index (χ0n) is 11.7. The molecule has 0 heterocycles. The largest absolute Gasteiger partial charge is 0.481 e. The fourth-order valence-electron chi connectivity index (χ4n) is 1.46. The van der Waals surface area contributed by atoms with Crippen molar-refractivity contribution in [3.05, 3.63) is 0 Å². The topological polar surface area (TPSA) is 147 Å². The molecule has 0 radical (unpaired) electrons. The second-order valence-electron chi connectivity index (χ2n) is 4.42. The maximum Gasteiger partial charge on any atom is 0.320 e. The van der Waals surface area contributed by atoms with Crippen molar-refractivity contribution in [3.63, 3.8) is 0 Å². The maximum atomic E-state index is 11.8. The van der Waals surface area contributed by atoms with E-state index in [2.05, 4.69) is 5.32 Å². The van der Waals surface area contributed by atoms with E-state index in [1.54, 1.807) is 6.26 Å². The average molecular weight is 320 g/mol. The number of ketones is 1. The summed E-state index contributed by atoms with van der Waals surface area (Å²) in [5.41, 5.74) is 5.28. The van der Waals surface area contributed by atoms with Crippen LogP contribution in [0.2, 0.25) is 0 Å². The van der Waals surface area contributed by atoms with Gasteiger partial charge in [0.05, 0.1) is 12.5 Å². The number of thioether (sulfide) groups is 1. The third-order valence-electron chi connectivity index (χ3n) is 2.64. The van der Waals surface area contributed by atoms with Gasteiger partial charge < -0.3 is 21.3 Å². The molecule has 0 saturated carbocycles. The summed E-state index contributed by atoms with van der Waals surface area (Å²) in [7, 11) is 0. The van der Waals surface area contributed by atoms with Gasteiger partial charge in [0.2, 0.25) is 5.91 Å². The Hall–Kier alpha value is -1.61. The lowest BCUT2D eigenvalue weighted by Gasteiger charge is -2.16. The Kier molecular flexibility index (Phi) is 9.39. The molecule has 0 spiro atoms. The summed E-state index contributed by atoms with van der Waals surface area (Å²) in [5, 5.41) is 19.6.